The lowest BCUT2D eigenvalue weighted by molar-refractivity contribution is -0.114. The highest BCUT2D eigenvalue weighted by atomic mass is 16.2. The van der Waals surface area contributed by atoms with Gasteiger partial charge in [0, 0.05) is 30.3 Å². The first-order chi connectivity index (χ1) is 20.0. The number of likely N-dealkylation sites (tertiary alicyclic amines) is 1. The Morgan fingerprint density at radius 3 is 2.22 bits per heavy atom. The molecule has 0 N–H and O–H groups in total. The van der Waals surface area contributed by atoms with E-state index in [0.29, 0.717) is 46.8 Å². The van der Waals surface area contributed by atoms with Crippen LogP contribution in [0.4, 0.5) is 0 Å². The molecule has 6 nitrogen and oxygen atoms in total. The van der Waals surface area contributed by atoms with Crippen LogP contribution in [0, 0.1) is 5.92 Å². The van der Waals surface area contributed by atoms with Gasteiger partial charge in [0.15, 0.2) is 5.78 Å². The summed E-state index contributed by atoms with van der Waals surface area (Å²) in [5, 5.41) is 0.843. The van der Waals surface area contributed by atoms with Crippen molar-refractivity contribution in [3.63, 3.8) is 0 Å². The molecule has 0 bridgehead atoms. The Balaban J connectivity index is 1.11. The van der Waals surface area contributed by atoms with Crippen molar-refractivity contribution < 1.29 is 14.4 Å². The fraction of sp³-hybridized carbons (Fsp3) is 0.343. The van der Waals surface area contributed by atoms with Crippen LogP contribution in [0.5, 0.6) is 0 Å². The van der Waals surface area contributed by atoms with Gasteiger partial charge < -0.3 is 4.90 Å². The predicted octanol–water partition coefficient (Wildman–Crippen LogP) is 5.38. The minimum absolute atomic E-state index is 0.0124. The first-order valence-corrected chi connectivity index (χ1v) is 14.8. The quantitative estimate of drug-likeness (QED) is 0.308. The second kappa shape index (κ2) is 12.1. The molecule has 0 radical (unpaired) electrons. The number of rotatable bonds is 6. The summed E-state index contributed by atoms with van der Waals surface area (Å²) in [7, 11) is 0. The molecule has 0 spiro atoms. The van der Waals surface area contributed by atoms with Crippen molar-refractivity contribution in [3.8, 4) is 0 Å². The third-order valence-electron chi connectivity index (χ3n) is 8.71. The molecule has 1 saturated carbocycles. The fourth-order valence-electron chi connectivity index (χ4n) is 6.31. The highest BCUT2D eigenvalue weighted by molar-refractivity contribution is 6.09. The molecule has 3 aromatic carbocycles. The summed E-state index contributed by atoms with van der Waals surface area (Å²) in [6.45, 7) is 1.43. The molecule has 208 valence electrons. The van der Waals surface area contributed by atoms with Gasteiger partial charge in [-0.1, -0.05) is 73.9 Å². The zero-order valence-corrected chi connectivity index (χ0v) is 23.3. The van der Waals surface area contributed by atoms with E-state index >= 15 is 0 Å². The normalized spacial score (nSPS) is 18.9. The van der Waals surface area contributed by atoms with E-state index in [9.17, 15) is 14.4 Å². The van der Waals surface area contributed by atoms with Crippen LogP contribution in [0.2, 0.25) is 0 Å². The molecule has 6 heteroatoms. The number of allylic oxidation sites excluding steroid dienone is 1. The van der Waals surface area contributed by atoms with Crippen molar-refractivity contribution in [1.29, 1.82) is 0 Å². The van der Waals surface area contributed by atoms with Crippen LogP contribution in [0.15, 0.2) is 94.6 Å². The summed E-state index contributed by atoms with van der Waals surface area (Å²) < 4.78 is 0. The highest BCUT2D eigenvalue weighted by Crippen LogP contribution is 2.32. The maximum Gasteiger partial charge on any atom is 0.296 e. The number of amides is 2. The first-order valence-electron chi connectivity index (χ1n) is 14.8. The lowest BCUT2D eigenvalue weighted by atomic mass is 9.84. The zero-order chi connectivity index (χ0) is 28.2. The molecule has 0 unspecified atom stereocenters. The van der Waals surface area contributed by atoms with Crippen molar-refractivity contribution in [2.75, 3.05) is 13.1 Å². The highest BCUT2D eigenvalue weighted by Gasteiger charge is 2.24. The van der Waals surface area contributed by atoms with Gasteiger partial charge in [-0.3, -0.25) is 14.4 Å². The summed E-state index contributed by atoms with van der Waals surface area (Å²) in [5.74, 6) is 0.241. The monoisotopic (exact) mass is 545 g/mol. The maximum absolute atomic E-state index is 13.2. The SMILES string of the molecule is O=C1N=c2cc(C(=O)N3CCC(Cc4ccccc4)CC3)ccc2=N/C1=C\C(=O)c1ccc(C2CCCCC2)cc1. The number of carbonyl (C=O) groups excluding carboxylic acids is 3. The largest absolute Gasteiger partial charge is 0.339 e. The average Bonchev–Trinajstić information content (AvgIpc) is 3.02. The number of benzene rings is 3. The fourth-order valence-corrected chi connectivity index (χ4v) is 6.31. The van der Waals surface area contributed by atoms with Gasteiger partial charge in [-0.25, -0.2) is 9.98 Å². The molecule has 41 heavy (non-hydrogen) atoms. The van der Waals surface area contributed by atoms with E-state index in [1.165, 1.54) is 49.3 Å². The summed E-state index contributed by atoms with van der Waals surface area (Å²) >= 11 is 0. The second-order valence-electron chi connectivity index (χ2n) is 11.5. The molecular formula is C35H35N3O3. The number of carbonyl (C=O) groups is 3. The van der Waals surface area contributed by atoms with Crippen molar-refractivity contribution in [1.82, 2.24) is 4.90 Å². The van der Waals surface area contributed by atoms with E-state index in [-0.39, 0.29) is 17.4 Å². The Bertz CT molecular complexity index is 1590. The third-order valence-corrected chi connectivity index (χ3v) is 8.71. The molecule has 6 rings (SSSR count). The topological polar surface area (TPSA) is 79.2 Å². The second-order valence-corrected chi connectivity index (χ2v) is 11.5. The molecular weight excluding hydrogens is 510 g/mol. The van der Waals surface area contributed by atoms with E-state index < -0.39 is 5.91 Å². The minimum Gasteiger partial charge on any atom is -0.339 e. The minimum atomic E-state index is -0.573. The Labute approximate surface area is 240 Å². The maximum atomic E-state index is 13.2. The zero-order valence-electron chi connectivity index (χ0n) is 23.3. The molecule has 2 aliphatic heterocycles. The molecule has 2 amide bonds. The number of piperidine rings is 1. The van der Waals surface area contributed by atoms with Gasteiger partial charge in [0.2, 0.25) is 0 Å². The molecule has 2 heterocycles. The van der Waals surface area contributed by atoms with Crippen LogP contribution in [0.3, 0.4) is 0 Å². The number of hydrogen-bond donors (Lipinski definition) is 0. The molecule has 0 atom stereocenters. The molecule has 1 saturated heterocycles. The van der Waals surface area contributed by atoms with Crippen LogP contribution < -0.4 is 10.7 Å². The molecule has 0 aromatic heterocycles. The van der Waals surface area contributed by atoms with Crippen LogP contribution in [0.25, 0.3) is 0 Å². The summed E-state index contributed by atoms with van der Waals surface area (Å²) in [5.41, 5.74) is 3.65. The smallest absolute Gasteiger partial charge is 0.296 e. The van der Waals surface area contributed by atoms with Gasteiger partial charge in [0.05, 0.1) is 10.7 Å². The number of hydrogen-bond acceptors (Lipinski definition) is 4. The standard InChI is InChI=1S/C35H35N3O3/c39-33(28-13-11-27(12-14-28)26-9-5-2-6-10-26)23-32-34(40)37-31-22-29(15-16-30(31)36-32)35(41)38-19-17-25(18-20-38)21-24-7-3-1-4-8-24/h1,3-4,7-8,11-16,22-23,25-26H,2,5-6,9-10,17-21H2/b32-23-. The van der Waals surface area contributed by atoms with E-state index in [0.717, 1.165) is 19.3 Å². The molecule has 3 aliphatic rings. The van der Waals surface area contributed by atoms with Gasteiger partial charge in [-0.15, -0.1) is 0 Å². The summed E-state index contributed by atoms with van der Waals surface area (Å²) in [6, 6.07) is 23.3. The van der Waals surface area contributed by atoms with Gasteiger partial charge >= 0.3 is 0 Å². The lowest BCUT2D eigenvalue weighted by Crippen LogP contribution is -2.40. The van der Waals surface area contributed by atoms with Crippen LogP contribution in [-0.2, 0) is 11.2 Å². The van der Waals surface area contributed by atoms with Crippen molar-refractivity contribution in [2.24, 2.45) is 15.9 Å². The summed E-state index contributed by atoms with van der Waals surface area (Å²) in [4.78, 5) is 49.4. The first kappa shape index (κ1) is 27.0. The number of fused-ring (bicyclic) bond motifs is 1. The van der Waals surface area contributed by atoms with E-state index in [2.05, 4.69) is 34.3 Å². The van der Waals surface area contributed by atoms with Crippen LogP contribution >= 0.6 is 0 Å². The van der Waals surface area contributed by atoms with Gasteiger partial charge in [-0.05, 0) is 73.3 Å². The van der Waals surface area contributed by atoms with Gasteiger partial charge in [0.25, 0.3) is 11.8 Å². The molecule has 3 aromatic rings. The van der Waals surface area contributed by atoms with E-state index in [4.69, 9.17) is 0 Å². The van der Waals surface area contributed by atoms with Crippen LogP contribution in [0.1, 0.15) is 82.7 Å². The Kier molecular flexibility index (Phi) is 7.99. The lowest BCUT2D eigenvalue weighted by Gasteiger charge is -2.32. The molecule has 2 fully saturated rings. The Morgan fingerprint density at radius 2 is 1.49 bits per heavy atom. The Morgan fingerprint density at radius 1 is 0.780 bits per heavy atom. The summed E-state index contributed by atoms with van der Waals surface area (Å²) in [6.07, 6.45) is 10.5. The third kappa shape index (κ3) is 6.27. The van der Waals surface area contributed by atoms with E-state index in [1.54, 1.807) is 18.2 Å². The Hall–Kier alpha value is -4.19. The number of nitrogens with zero attached hydrogens (tertiary/aromatic N) is 3. The molecule has 1 aliphatic carbocycles. The number of ketones is 1. The van der Waals surface area contributed by atoms with Gasteiger partial charge in [-0.2, -0.15) is 0 Å². The average molecular weight is 546 g/mol. The van der Waals surface area contributed by atoms with Gasteiger partial charge in [0.1, 0.15) is 5.70 Å². The predicted molar refractivity (Wildman–Crippen MR) is 157 cm³/mol. The van der Waals surface area contributed by atoms with Crippen molar-refractivity contribution in [3.05, 3.63) is 118 Å². The van der Waals surface area contributed by atoms with Crippen molar-refractivity contribution in [2.45, 2.75) is 57.3 Å². The van der Waals surface area contributed by atoms with Crippen molar-refractivity contribution >= 4 is 17.6 Å². The van der Waals surface area contributed by atoms with E-state index in [1.807, 2.05) is 35.2 Å². The van der Waals surface area contributed by atoms with Crippen LogP contribution in [-0.4, -0.2) is 35.6 Å².